The molecule has 0 aliphatic rings. The highest BCUT2D eigenvalue weighted by molar-refractivity contribution is 7.47. The molecule has 4 amide bonds. The van der Waals surface area contributed by atoms with Crippen LogP contribution in [0.5, 0.6) is 0 Å². The van der Waals surface area contributed by atoms with Gasteiger partial charge >= 0.3 is 33.6 Å². The van der Waals surface area contributed by atoms with Crippen LogP contribution in [-0.4, -0.2) is 141 Å². The van der Waals surface area contributed by atoms with Gasteiger partial charge in [0.25, 0.3) is 0 Å². The molecular weight excluding hydrogens is 1420 g/mol. The molecule has 636 valence electrons. The van der Waals surface area contributed by atoms with E-state index < -0.39 is 72.0 Å². The van der Waals surface area contributed by atoms with Gasteiger partial charge in [-0.2, -0.15) is 0 Å². The molecule has 0 saturated heterocycles. The van der Waals surface area contributed by atoms with Crippen molar-refractivity contribution in [3.63, 3.8) is 0 Å². The van der Waals surface area contributed by atoms with Gasteiger partial charge in [-0.15, -0.1) is 0 Å². The Morgan fingerprint density at radius 3 is 0.852 bits per heavy atom. The summed E-state index contributed by atoms with van der Waals surface area (Å²) in [4.78, 5) is 113. The summed E-state index contributed by atoms with van der Waals surface area (Å²) in [6.07, 6.45) is 52.3. The van der Waals surface area contributed by atoms with Gasteiger partial charge in [-0.3, -0.25) is 46.9 Å². The van der Waals surface area contributed by atoms with E-state index in [0.29, 0.717) is 51.4 Å². The predicted molar refractivity (Wildman–Crippen MR) is 433 cm³/mol. The number of hydrogen-bond acceptors (Lipinski definition) is 17. The Balaban J connectivity index is 5.68. The van der Waals surface area contributed by atoms with Gasteiger partial charge in [-0.1, -0.05) is 298 Å². The minimum absolute atomic E-state index is 0.153. The fourth-order valence-corrected chi connectivity index (χ4v) is 14.3. The van der Waals surface area contributed by atoms with E-state index in [0.717, 1.165) is 141 Å². The summed E-state index contributed by atoms with van der Waals surface area (Å²) in [5, 5.41) is 10.3. The van der Waals surface area contributed by atoms with Crippen molar-refractivity contribution in [2.45, 2.75) is 425 Å². The summed E-state index contributed by atoms with van der Waals surface area (Å²) in [7, 11) is -9.60. The zero-order valence-corrected chi connectivity index (χ0v) is 71.0. The molecule has 108 heavy (non-hydrogen) atoms. The molecular formula is C83H160N4O19P2. The Kier molecular flexibility index (Phi) is 73.9. The molecule has 0 aliphatic heterocycles. The second-order valence-corrected chi connectivity index (χ2v) is 32.9. The van der Waals surface area contributed by atoms with E-state index in [1.807, 2.05) is 0 Å². The lowest BCUT2D eigenvalue weighted by Gasteiger charge is -2.22. The molecule has 0 radical (unpaired) electrons. The number of ether oxygens (including phenoxy) is 4. The highest BCUT2D eigenvalue weighted by Gasteiger charge is 2.28. The van der Waals surface area contributed by atoms with Crippen LogP contribution in [0.2, 0.25) is 0 Å². The van der Waals surface area contributed by atoms with E-state index in [2.05, 4.69) is 62.8 Å². The number of hydrogen-bond donors (Lipinski definition) is 6. The van der Waals surface area contributed by atoms with E-state index in [-0.39, 0.29) is 101 Å². The minimum Gasteiger partial charge on any atom is -0.462 e. The average Bonchev–Trinajstić information content (AvgIpc) is 0.914. The topological polar surface area (TPSA) is 316 Å². The lowest BCUT2D eigenvalue weighted by molar-refractivity contribution is -0.151. The van der Waals surface area contributed by atoms with Crippen LogP contribution in [0.4, 0.5) is 4.79 Å². The van der Waals surface area contributed by atoms with Gasteiger partial charge in [0.05, 0.1) is 77.8 Å². The molecule has 6 N–H and O–H groups in total. The molecule has 23 nitrogen and oxygen atoms in total. The summed E-state index contributed by atoms with van der Waals surface area (Å²) >= 11 is 0. The van der Waals surface area contributed by atoms with Crippen molar-refractivity contribution < 1.29 is 89.5 Å². The van der Waals surface area contributed by atoms with Crippen molar-refractivity contribution in [2.24, 2.45) is 0 Å². The van der Waals surface area contributed by atoms with Crippen LogP contribution < -0.4 is 21.3 Å². The number of rotatable bonds is 84. The van der Waals surface area contributed by atoms with Gasteiger partial charge in [0.1, 0.15) is 23.8 Å². The Bertz CT molecular complexity index is 2120. The number of Topliss-reactive ketones (excluding diaryl/α,β-unsaturated/α-hetero) is 2. The van der Waals surface area contributed by atoms with Crippen molar-refractivity contribution in [1.82, 2.24) is 21.3 Å². The minimum atomic E-state index is -4.80. The second-order valence-electron chi connectivity index (χ2n) is 30.0. The van der Waals surface area contributed by atoms with Gasteiger partial charge in [0.15, 0.2) is 0 Å². The first-order valence-electron chi connectivity index (χ1n) is 43.7. The summed E-state index contributed by atoms with van der Waals surface area (Å²) in [6, 6.07) is -2.73. The molecule has 0 spiro atoms. The number of esters is 2. The van der Waals surface area contributed by atoms with Crippen molar-refractivity contribution in [2.75, 3.05) is 65.9 Å². The van der Waals surface area contributed by atoms with Gasteiger partial charge < -0.3 is 50.0 Å². The third kappa shape index (κ3) is 72.8. The first-order chi connectivity index (χ1) is 52.3. The van der Waals surface area contributed by atoms with Gasteiger partial charge in [-0.25, -0.2) is 13.9 Å². The molecule has 0 heterocycles. The molecule has 2 unspecified atom stereocenters. The molecule has 0 aromatic carbocycles. The van der Waals surface area contributed by atoms with Crippen LogP contribution in [0.15, 0.2) is 0 Å². The van der Waals surface area contributed by atoms with Gasteiger partial charge in [-0.05, 0) is 51.4 Å². The molecule has 0 bridgehead atoms. The smallest absolute Gasteiger partial charge is 0.462 e. The summed E-state index contributed by atoms with van der Waals surface area (Å²) in [5.41, 5.74) is 0. The number of nitrogens with one attached hydrogen (secondary N) is 4. The largest absolute Gasteiger partial charge is 0.472 e. The fraction of sp³-hybridized carbons (Fsp3) is 0.916. The Labute approximate surface area is 656 Å². The average molecular weight is 1580 g/mol. The van der Waals surface area contributed by atoms with Crippen molar-refractivity contribution in [1.29, 1.82) is 0 Å². The van der Waals surface area contributed by atoms with Crippen molar-refractivity contribution >= 4 is 57.0 Å². The van der Waals surface area contributed by atoms with Crippen LogP contribution in [0.1, 0.15) is 401 Å². The highest BCUT2D eigenvalue weighted by Crippen LogP contribution is 2.44. The Morgan fingerprint density at radius 2 is 0.565 bits per heavy atom. The number of urea groups is 1. The number of carbonyl (C=O) groups excluding carboxylic acids is 7. The lowest BCUT2D eigenvalue weighted by atomic mass is 10.0. The second kappa shape index (κ2) is 76.3. The van der Waals surface area contributed by atoms with E-state index in [4.69, 9.17) is 37.0 Å². The molecule has 0 aliphatic carbocycles. The molecule has 0 aromatic heterocycles. The van der Waals surface area contributed by atoms with E-state index in [9.17, 15) is 52.5 Å². The Morgan fingerprint density at radius 1 is 0.306 bits per heavy atom. The monoisotopic (exact) mass is 1580 g/mol. The van der Waals surface area contributed by atoms with Gasteiger partial charge in [0, 0.05) is 51.6 Å². The first-order valence-corrected chi connectivity index (χ1v) is 46.7. The molecule has 25 heteroatoms. The summed E-state index contributed by atoms with van der Waals surface area (Å²) in [6.45, 7) is 10.5. The fourth-order valence-electron chi connectivity index (χ4n) is 12.8. The Hall–Kier alpha value is -3.37. The molecule has 0 saturated carbocycles. The maximum Gasteiger partial charge on any atom is 0.472 e. The zero-order chi connectivity index (χ0) is 79.5. The first kappa shape index (κ1) is 105. The van der Waals surface area contributed by atoms with Crippen LogP contribution in [0, 0.1) is 0 Å². The number of amides is 4. The van der Waals surface area contributed by atoms with E-state index in [1.165, 1.54) is 141 Å². The van der Waals surface area contributed by atoms with Crippen LogP contribution in [-0.2, 0) is 74.9 Å². The van der Waals surface area contributed by atoms with Gasteiger partial charge in [0.2, 0.25) is 11.8 Å². The normalized spacial score (nSPS) is 13.8. The van der Waals surface area contributed by atoms with Crippen molar-refractivity contribution in [3.05, 3.63) is 0 Å². The summed E-state index contributed by atoms with van der Waals surface area (Å²) in [5.74, 6) is -2.09. The van der Waals surface area contributed by atoms with Crippen LogP contribution >= 0.6 is 15.6 Å². The van der Waals surface area contributed by atoms with E-state index >= 15 is 0 Å². The number of phosphoric acid groups is 2. The molecule has 0 aromatic rings. The third-order valence-corrected chi connectivity index (χ3v) is 21.3. The SMILES string of the molecule is CCCCCCCCCCCC(=O)CC(=O)N[C@H](COCC[C@@H](CCCCCCC)OC(=O)CCCCCCCCCCC)COP(=O)(O)OCCNC(=O)NCCOP(=O)(O)OC[C@H](COCC[C@@H](CCCCCCC)OC(=O)CCCCCCCCCCC)NC(=O)CC(=O)CCCCCCCCCCC. The summed E-state index contributed by atoms with van der Waals surface area (Å²) < 4.78 is 71.2. The predicted octanol–water partition coefficient (Wildman–Crippen LogP) is 20.5. The maximum atomic E-state index is 13.3. The maximum absolute atomic E-state index is 13.3. The highest BCUT2D eigenvalue weighted by atomic mass is 31.2. The van der Waals surface area contributed by atoms with Crippen LogP contribution in [0.25, 0.3) is 0 Å². The number of ketones is 2. The molecule has 6 atom stereocenters. The quantitative estimate of drug-likeness (QED) is 0.0143. The third-order valence-electron chi connectivity index (χ3n) is 19.4. The standard InChI is InChI=1S/C83H160N4O19P2/c1-7-13-19-25-29-33-37-43-47-53-75(88)67-79(90)86-73(69-99-63-59-77(55-49-41-23-17-11-5)105-81(92)57-51-45-39-35-31-27-21-15-9-3)71-103-107(95,96)101-65-61-84-83(94)85-62-66-102-108(97,98)104-72-74(87-80(91)68-76(89)54-48-44-38-34-30-26-20-14-8-2)70-100-64-60-78(56-50-42-24-18-12-6)106-82(93)58-52-46-40-36-32-28-22-16-10-4/h73-74,77-78H,7-72H2,1-6H3,(H,86,90)(H,87,91)(H,95,96)(H,97,98)(H2,84,85,94)/t73-,74+,77-,78-/m1/s1. The molecule has 0 rings (SSSR count). The van der Waals surface area contributed by atoms with Crippen LogP contribution in [0.3, 0.4) is 0 Å². The zero-order valence-electron chi connectivity index (χ0n) is 69.2. The number of phosphoric ester groups is 2. The number of carbonyl (C=O) groups is 7. The van der Waals surface area contributed by atoms with E-state index in [1.54, 1.807) is 0 Å². The molecule has 0 fully saturated rings. The van der Waals surface area contributed by atoms with Crippen molar-refractivity contribution in [3.8, 4) is 0 Å². The lowest BCUT2D eigenvalue weighted by Crippen LogP contribution is -2.42. The number of unbranched alkanes of at least 4 members (excludes halogenated alkanes) is 40.